The van der Waals surface area contributed by atoms with Gasteiger partial charge in [0.1, 0.15) is 5.75 Å². The molecule has 0 radical (unpaired) electrons. The monoisotopic (exact) mass is 302 g/mol. The SMILES string of the molecule is COc1ccc(C(O)C2CCc3ccccc3C2)c(Cl)c1. The van der Waals surface area contributed by atoms with E-state index in [9.17, 15) is 5.11 Å². The zero-order chi connectivity index (χ0) is 14.8. The topological polar surface area (TPSA) is 29.5 Å². The second kappa shape index (κ2) is 6.08. The molecule has 2 nitrogen and oxygen atoms in total. The molecule has 21 heavy (non-hydrogen) atoms. The molecule has 1 aliphatic rings. The van der Waals surface area contributed by atoms with Crippen LogP contribution in [0, 0.1) is 5.92 Å². The molecule has 2 aromatic rings. The van der Waals surface area contributed by atoms with E-state index in [4.69, 9.17) is 16.3 Å². The normalized spacial score (nSPS) is 18.9. The first kappa shape index (κ1) is 14.4. The Balaban J connectivity index is 1.82. The van der Waals surface area contributed by atoms with Gasteiger partial charge in [0.25, 0.3) is 0 Å². The van der Waals surface area contributed by atoms with E-state index in [1.165, 1.54) is 11.1 Å². The Bertz CT molecular complexity index is 639. The number of aliphatic hydroxyl groups excluding tert-OH is 1. The molecule has 0 fully saturated rings. The standard InChI is InChI=1S/C18H19ClO2/c1-21-15-8-9-16(17(19)11-15)18(20)14-7-6-12-4-2-3-5-13(12)10-14/h2-5,8-9,11,14,18,20H,6-7,10H2,1H3. The molecular formula is C18H19ClO2. The van der Waals surface area contributed by atoms with Gasteiger partial charge in [0.05, 0.1) is 18.2 Å². The zero-order valence-electron chi connectivity index (χ0n) is 12.1. The van der Waals surface area contributed by atoms with E-state index in [1.807, 2.05) is 12.1 Å². The first-order chi connectivity index (χ1) is 10.2. The van der Waals surface area contributed by atoms with Crippen LogP contribution in [-0.4, -0.2) is 12.2 Å². The zero-order valence-corrected chi connectivity index (χ0v) is 12.8. The van der Waals surface area contributed by atoms with Crippen LogP contribution in [0.5, 0.6) is 5.75 Å². The van der Waals surface area contributed by atoms with Crippen LogP contribution in [0.3, 0.4) is 0 Å². The quantitative estimate of drug-likeness (QED) is 0.921. The van der Waals surface area contributed by atoms with Crippen LogP contribution in [0.2, 0.25) is 5.02 Å². The molecule has 1 N–H and O–H groups in total. The van der Waals surface area contributed by atoms with Crippen molar-refractivity contribution in [2.24, 2.45) is 5.92 Å². The molecule has 0 bridgehead atoms. The van der Waals surface area contributed by atoms with Crippen molar-refractivity contribution in [2.45, 2.75) is 25.4 Å². The van der Waals surface area contributed by atoms with Gasteiger partial charge in [-0.25, -0.2) is 0 Å². The summed E-state index contributed by atoms with van der Waals surface area (Å²) in [5.74, 6) is 0.927. The summed E-state index contributed by atoms with van der Waals surface area (Å²) in [5.41, 5.74) is 3.54. The molecule has 0 saturated heterocycles. The molecule has 2 aromatic carbocycles. The third-order valence-electron chi connectivity index (χ3n) is 4.36. The molecule has 110 valence electrons. The van der Waals surface area contributed by atoms with Crippen molar-refractivity contribution < 1.29 is 9.84 Å². The third kappa shape index (κ3) is 2.92. The summed E-state index contributed by atoms with van der Waals surface area (Å²) in [7, 11) is 1.61. The fourth-order valence-electron chi connectivity index (χ4n) is 3.12. The molecule has 2 atom stereocenters. The Hall–Kier alpha value is -1.51. The number of hydrogen-bond donors (Lipinski definition) is 1. The van der Waals surface area contributed by atoms with E-state index in [0.29, 0.717) is 10.8 Å². The molecule has 0 saturated carbocycles. The summed E-state index contributed by atoms with van der Waals surface area (Å²) in [6.45, 7) is 0. The lowest BCUT2D eigenvalue weighted by Crippen LogP contribution is -2.21. The van der Waals surface area contributed by atoms with Gasteiger partial charge in [-0.3, -0.25) is 0 Å². The van der Waals surface area contributed by atoms with Crippen LogP contribution < -0.4 is 4.74 Å². The van der Waals surface area contributed by atoms with Crippen molar-refractivity contribution in [2.75, 3.05) is 7.11 Å². The number of aryl methyl sites for hydroxylation is 1. The number of methoxy groups -OCH3 is 1. The number of hydrogen-bond acceptors (Lipinski definition) is 2. The molecule has 0 heterocycles. The van der Waals surface area contributed by atoms with Gasteiger partial charge in [0.15, 0.2) is 0 Å². The number of benzene rings is 2. The van der Waals surface area contributed by atoms with Crippen molar-refractivity contribution in [1.82, 2.24) is 0 Å². The van der Waals surface area contributed by atoms with Gasteiger partial charge < -0.3 is 9.84 Å². The second-order valence-electron chi connectivity index (χ2n) is 5.60. The smallest absolute Gasteiger partial charge is 0.120 e. The molecule has 0 aromatic heterocycles. The number of aliphatic hydroxyl groups is 1. The van der Waals surface area contributed by atoms with Crippen molar-refractivity contribution in [3.05, 3.63) is 64.2 Å². The minimum atomic E-state index is -0.531. The van der Waals surface area contributed by atoms with Gasteiger partial charge in [-0.15, -0.1) is 0 Å². The summed E-state index contributed by atoms with van der Waals surface area (Å²) in [6, 6.07) is 14.0. The van der Waals surface area contributed by atoms with E-state index >= 15 is 0 Å². The third-order valence-corrected chi connectivity index (χ3v) is 4.69. The van der Waals surface area contributed by atoms with Crippen molar-refractivity contribution in [1.29, 1.82) is 0 Å². The highest BCUT2D eigenvalue weighted by Gasteiger charge is 2.27. The van der Waals surface area contributed by atoms with E-state index in [-0.39, 0.29) is 5.92 Å². The number of halogens is 1. The molecule has 1 aliphatic carbocycles. The van der Waals surface area contributed by atoms with Gasteiger partial charge in [0.2, 0.25) is 0 Å². The predicted octanol–water partition coefficient (Wildman–Crippen LogP) is 4.19. The second-order valence-corrected chi connectivity index (χ2v) is 6.01. The van der Waals surface area contributed by atoms with E-state index in [0.717, 1.165) is 24.8 Å². The summed E-state index contributed by atoms with van der Waals surface area (Å²) in [6.07, 6.45) is 2.38. The maximum atomic E-state index is 10.7. The maximum absolute atomic E-state index is 10.7. The molecule has 0 amide bonds. The van der Waals surface area contributed by atoms with Gasteiger partial charge in [-0.1, -0.05) is 41.9 Å². The number of fused-ring (bicyclic) bond motifs is 1. The van der Waals surface area contributed by atoms with Gasteiger partial charge in [-0.05, 0) is 54.0 Å². The Kier molecular flexibility index (Phi) is 4.18. The average molecular weight is 303 g/mol. The van der Waals surface area contributed by atoms with Crippen LogP contribution in [0.25, 0.3) is 0 Å². The Morgan fingerprint density at radius 3 is 2.67 bits per heavy atom. The molecule has 3 rings (SSSR count). The van der Waals surface area contributed by atoms with E-state index in [1.54, 1.807) is 13.2 Å². The van der Waals surface area contributed by atoms with E-state index in [2.05, 4.69) is 24.3 Å². The van der Waals surface area contributed by atoms with Crippen LogP contribution in [0.1, 0.15) is 29.2 Å². The molecule has 0 aliphatic heterocycles. The minimum absolute atomic E-state index is 0.214. The molecule has 3 heteroatoms. The average Bonchev–Trinajstić information content (AvgIpc) is 2.53. The van der Waals surface area contributed by atoms with Crippen molar-refractivity contribution >= 4 is 11.6 Å². The highest BCUT2D eigenvalue weighted by atomic mass is 35.5. The van der Waals surface area contributed by atoms with Crippen LogP contribution >= 0.6 is 11.6 Å². The largest absolute Gasteiger partial charge is 0.497 e. The lowest BCUT2D eigenvalue weighted by atomic mass is 9.79. The summed E-state index contributed by atoms with van der Waals surface area (Å²) >= 11 is 6.28. The highest BCUT2D eigenvalue weighted by Crippen LogP contribution is 2.37. The predicted molar refractivity (Wildman–Crippen MR) is 84.9 cm³/mol. The van der Waals surface area contributed by atoms with Gasteiger partial charge in [-0.2, -0.15) is 0 Å². The molecule has 2 unspecified atom stereocenters. The first-order valence-electron chi connectivity index (χ1n) is 7.27. The van der Waals surface area contributed by atoms with Crippen molar-refractivity contribution in [3.8, 4) is 5.75 Å². The number of rotatable bonds is 3. The van der Waals surface area contributed by atoms with Crippen LogP contribution in [0.15, 0.2) is 42.5 Å². The molecule has 0 spiro atoms. The summed E-state index contributed by atoms with van der Waals surface area (Å²) in [4.78, 5) is 0. The fourth-order valence-corrected chi connectivity index (χ4v) is 3.41. The Morgan fingerprint density at radius 1 is 1.19 bits per heavy atom. The Morgan fingerprint density at radius 2 is 1.95 bits per heavy atom. The lowest BCUT2D eigenvalue weighted by Gasteiger charge is -2.29. The summed E-state index contributed by atoms with van der Waals surface area (Å²) < 4.78 is 5.16. The van der Waals surface area contributed by atoms with E-state index < -0.39 is 6.10 Å². The van der Waals surface area contributed by atoms with Crippen LogP contribution in [0.4, 0.5) is 0 Å². The molecular weight excluding hydrogens is 284 g/mol. The first-order valence-corrected chi connectivity index (χ1v) is 7.65. The van der Waals surface area contributed by atoms with Crippen LogP contribution in [-0.2, 0) is 12.8 Å². The van der Waals surface area contributed by atoms with Gasteiger partial charge >= 0.3 is 0 Å². The van der Waals surface area contributed by atoms with Gasteiger partial charge in [0, 0.05) is 0 Å². The minimum Gasteiger partial charge on any atom is -0.497 e. The number of ether oxygens (including phenoxy) is 1. The summed E-state index contributed by atoms with van der Waals surface area (Å²) in [5, 5.41) is 11.3. The highest BCUT2D eigenvalue weighted by molar-refractivity contribution is 6.31. The lowest BCUT2D eigenvalue weighted by molar-refractivity contribution is 0.0995. The fraction of sp³-hybridized carbons (Fsp3) is 0.333. The Labute approximate surface area is 130 Å². The maximum Gasteiger partial charge on any atom is 0.120 e. The van der Waals surface area contributed by atoms with Crippen molar-refractivity contribution in [3.63, 3.8) is 0 Å².